The van der Waals surface area contributed by atoms with E-state index < -0.39 is 0 Å². The Morgan fingerprint density at radius 2 is 1.17 bits per heavy atom. The van der Waals surface area contributed by atoms with Crippen molar-refractivity contribution in [1.82, 2.24) is 15.0 Å². The van der Waals surface area contributed by atoms with Gasteiger partial charge in [-0.15, -0.1) is 0 Å². The fraction of sp³-hybridized carbons (Fsp3) is 0. The van der Waals surface area contributed by atoms with E-state index in [1.807, 2.05) is 24.4 Å². The summed E-state index contributed by atoms with van der Waals surface area (Å²) in [6.07, 6.45) is 6.88. The van der Waals surface area contributed by atoms with Gasteiger partial charge in [-0.2, -0.15) is 5.26 Å². The van der Waals surface area contributed by atoms with Gasteiger partial charge in [-0.3, -0.25) is 15.0 Å². The van der Waals surface area contributed by atoms with Crippen LogP contribution in [0.3, 0.4) is 0 Å². The lowest BCUT2D eigenvalue weighted by atomic mass is 9.85. The van der Waals surface area contributed by atoms with Crippen LogP contribution in [0.2, 0.25) is 0 Å². The molecule has 0 saturated carbocycles. The van der Waals surface area contributed by atoms with Gasteiger partial charge in [-0.1, -0.05) is 84.9 Å². The average molecular weight is 586 g/mol. The van der Waals surface area contributed by atoms with Gasteiger partial charge in [0.25, 0.3) is 0 Å². The molecule has 0 radical (unpaired) electrons. The van der Waals surface area contributed by atoms with E-state index in [4.69, 9.17) is 11.6 Å². The maximum Gasteiger partial charge on any atom is 0.190 e. The number of aromatic nitrogens is 3. The quantitative estimate of drug-likeness (QED) is 0.152. The smallest absolute Gasteiger partial charge is 0.190 e. The van der Waals surface area contributed by atoms with E-state index in [1.54, 1.807) is 24.7 Å². The van der Waals surface area contributed by atoms with E-state index in [0.29, 0.717) is 11.3 Å². The maximum atomic E-state index is 9.30. The van der Waals surface area contributed by atoms with Gasteiger partial charge in [-0.25, -0.2) is 4.85 Å². The fourth-order valence-electron chi connectivity index (χ4n) is 6.30. The van der Waals surface area contributed by atoms with Crippen molar-refractivity contribution in [3.05, 3.63) is 157 Å². The summed E-state index contributed by atoms with van der Waals surface area (Å²) in [5, 5.41) is 16.1. The molecule has 0 fully saturated rings. The molecule has 46 heavy (non-hydrogen) atoms. The molecule has 0 bridgehead atoms. The van der Waals surface area contributed by atoms with E-state index in [9.17, 15) is 5.26 Å². The van der Waals surface area contributed by atoms with Crippen LogP contribution in [-0.2, 0) is 0 Å². The summed E-state index contributed by atoms with van der Waals surface area (Å²) in [6, 6.07) is 41.8. The largest absolute Gasteiger partial charge is 0.263 e. The predicted molar refractivity (Wildman–Crippen MR) is 185 cm³/mol. The fourth-order valence-corrected chi connectivity index (χ4v) is 6.30. The summed E-state index contributed by atoms with van der Waals surface area (Å²) >= 11 is 0. The van der Waals surface area contributed by atoms with Crippen LogP contribution in [0.25, 0.3) is 81.9 Å². The number of hydrogen-bond acceptors (Lipinski definition) is 4. The average Bonchev–Trinajstić information content (AvgIpc) is 3.13. The van der Waals surface area contributed by atoms with Crippen LogP contribution in [0.5, 0.6) is 0 Å². The highest BCUT2D eigenvalue weighted by atomic mass is 14.7. The molecule has 5 aromatic carbocycles. The molecule has 5 heteroatoms. The number of nitrogens with zero attached hydrogens (tertiary/aromatic N) is 5. The van der Waals surface area contributed by atoms with Crippen LogP contribution in [0.15, 0.2) is 140 Å². The number of rotatable bonds is 4. The minimum absolute atomic E-state index is 0.510. The van der Waals surface area contributed by atoms with E-state index in [0.717, 1.165) is 44.4 Å². The Labute approximate surface area is 265 Å². The molecule has 0 atom stereocenters. The zero-order valence-corrected chi connectivity index (χ0v) is 24.5. The molecule has 0 amide bonds. The molecule has 3 aromatic heterocycles. The predicted octanol–water partition coefficient (Wildman–Crippen LogP) is 10.4. The second-order valence-corrected chi connectivity index (χ2v) is 11.1. The summed E-state index contributed by atoms with van der Waals surface area (Å²) in [4.78, 5) is 17.0. The minimum atomic E-state index is 0.510. The summed E-state index contributed by atoms with van der Waals surface area (Å²) in [6.45, 7) is 7.36. The number of pyridine rings is 3. The SMILES string of the molecule is [C-]#[N+]c1ccnc(-c2ccc(-c3c4ccccc4c(-c4ccc5cc(-c6cncc(C#N)c6)ncc5c4)c4ccccc34)cc2)c1. The van der Waals surface area contributed by atoms with Crippen molar-refractivity contribution < 1.29 is 0 Å². The third kappa shape index (κ3) is 4.61. The van der Waals surface area contributed by atoms with E-state index in [1.165, 1.54) is 32.7 Å². The molecule has 8 aromatic rings. The zero-order valence-electron chi connectivity index (χ0n) is 24.5. The van der Waals surface area contributed by atoms with Gasteiger partial charge in [0.15, 0.2) is 5.69 Å². The van der Waals surface area contributed by atoms with Crippen molar-refractivity contribution in [3.8, 4) is 50.8 Å². The second kappa shape index (κ2) is 11.1. The Hall–Kier alpha value is -6.69. The van der Waals surface area contributed by atoms with Crippen LogP contribution in [0.4, 0.5) is 5.69 Å². The van der Waals surface area contributed by atoms with Crippen LogP contribution in [-0.4, -0.2) is 15.0 Å². The van der Waals surface area contributed by atoms with Crippen LogP contribution in [0.1, 0.15) is 5.56 Å². The van der Waals surface area contributed by atoms with Crippen molar-refractivity contribution in [2.24, 2.45) is 0 Å². The lowest BCUT2D eigenvalue weighted by Gasteiger charge is -2.18. The van der Waals surface area contributed by atoms with Gasteiger partial charge in [0.2, 0.25) is 0 Å². The minimum Gasteiger partial charge on any atom is -0.263 e. The topological polar surface area (TPSA) is 66.8 Å². The Kier molecular flexibility index (Phi) is 6.49. The number of benzene rings is 5. The maximum absolute atomic E-state index is 9.30. The molecule has 5 nitrogen and oxygen atoms in total. The van der Waals surface area contributed by atoms with Crippen molar-refractivity contribution in [2.75, 3.05) is 0 Å². The number of hydrogen-bond donors (Lipinski definition) is 0. The summed E-state index contributed by atoms with van der Waals surface area (Å²) < 4.78 is 0. The third-order valence-electron chi connectivity index (χ3n) is 8.45. The Balaban J connectivity index is 1.28. The van der Waals surface area contributed by atoms with E-state index >= 15 is 0 Å². The molecular weight excluding hydrogens is 562 g/mol. The lowest BCUT2D eigenvalue weighted by molar-refractivity contribution is 1.27. The van der Waals surface area contributed by atoms with Crippen LogP contribution >= 0.6 is 0 Å². The molecule has 8 rings (SSSR count). The highest BCUT2D eigenvalue weighted by Crippen LogP contribution is 2.44. The van der Waals surface area contributed by atoms with Gasteiger partial charge in [0, 0.05) is 35.7 Å². The lowest BCUT2D eigenvalue weighted by Crippen LogP contribution is -1.92. The van der Waals surface area contributed by atoms with Crippen molar-refractivity contribution in [2.45, 2.75) is 0 Å². The molecule has 0 unspecified atom stereocenters. The van der Waals surface area contributed by atoms with E-state index in [2.05, 4.69) is 112 Å². The molecule has 0 saturated heterocycles. The van der Waals surface area contributed by atoms with Crippen molar-refractivity contribution >= 4 is 38.0 Å². The van der Waals surface area contributed by atoms with Gasteiger partial charge >= 0.3 is 0 Å². The normalized spacial score (nSPS) is 11.0. The number of nitriles is 1. The first kappa shape index (κ1) is 26.9. The Bertz CT molecular complexity index is 2500. The second-order valence-electron chi connectivity index (χ2n) is 11.1. The van der Waals surface area contributed by atoms with Gasteiger partial charge in [0.05, 0.1) is 23.5 Å². The molecule has 212 valence electrons. The van der Waals surface area contributed by atoms with E-state index in [-0.39, 0.29) is 0 Å². The van der Waals surface area contributed by atoms with Crippen LogP contribution < -0.4 is 0 Å². The first-order chi connectivity index (χ1) is 22.7. The van der Waals surface area contributed by atoms with Gasteiger partial charge in [0.1, 0.15) is 6.07 Å². The summed E-state index contributed by atoms with van der Waals surface area (Å²) in [5.74, 6) is 0. The summed E-state index contributed by atoms with van der Waals surface area (Å²) in [7, 11) is 0. The zero-order chi connectivity index (χ0) is 31.0. The van der Waals surface area contributed by atoms with Crippen molar-refractivity contribution in [1.29, 1.82) is 5.26 Å². The Morgan fingerprint density at radius 1 is 0.543 bits per heavy atom. The monoisotopic (exact) mass is 585 g/mol. The third-order valence-corrected chi connectivity index (χ3v) is 8.45. The molecule has 3 heterocycles. The molecule has 0 N–H and O–H groups in total. The molecular formula is C41H23N5. The Morgan fingerprint density at radius 3 is 1.85 bits per heavy atom. The van der Waals surface area contributed by atoms with Crippen molar-refractivity contribution in [3.63, 3.8) is 0 Å². The molecule has 0 aliphatic carbocycles. The van der Waals surface area contributed by atoms with Crippen LogP contribution in [0, 0.1) is 17.9 Å². The molecule has 0 aliphatic rings. The van der Waals surface area contributed by atoms with Gasteiger partial charge < -0.3 is 0 Å². The molecule has 0 aliphatic heterocycles. The highest BCUT2D eigenvalue weighted by molar-refractivity contribution is 6.21. The first-order valence-electron chi connectivity index (χ1n) is 14.8. The molecule has 0 spiro atoms. The first-order valence-corrected chi connectivity index (χ1v) is 14.8. The summed E-state index contributed by atoms with van der Waals surface area (Å²) in [5.41, 5.74) is 9.06. The number of fused-ring (bicyclic) bond motifs is 3. The van der Waals surface area contributed by atoms with Gasteiger partial charge in [-0.05, 0) is 85.1 Å². The standard InChI is InChI=1S/C41H23N5/c1-43-33-16-17-45-39(21-33)27-10-12-28(13-11-27)40-34-6-2-4-8-36(34)41(37-9-5-3-7-35(37)40)30-15-14-29-20-38(46-25-31(29)19-30)32-18-26(22-42)23-44-24-32/h2-21,23-25H. The highest BCUT2D eigenvalue weighted by Gasteiger charge is 2.17.